The highest BCUT2D eigenvalue weighted by Crippen LogP contribution is 2.50. The summed E-state index contributed by atoms with van der Waals surface area (Å²) in [5.74, 6) is 0.924. The first kappa shape index (κ1) is 14.2. The van der Waals surface area contributed by atoms with Gasteiger partial charge in [-0.05, 0) is 31.7 Å². The topological polar surface area (TPSA) is 50.4 Å². The number of hydrogen-bond acceptors (Lipinski definition) is 2. The van der Waals surface area contributed by atoms with Crippen molar-refractivity contribution in [2.75, 3.05) is 13.7 Å². The van der Waals surface area contributed by atoms with Crippen molar-refractivity contribution in [3.8, 4) is 5.75 Å². The second-order valence-electron chi connectivity index (χ2n) is 6.29. The molecule has 0 aliphatic heterocycles. The third-order valence-corrected chi connectivity index (χ3v) is 4.81. The summed E-state index contributed by atoms with van der Waals surface area (Å²) in [6, 6.07) is 8.47. The van der Waals surface area contributed by atoms with Crippen LogP contribution in [0.15, 0.2) is 24.3 Å². The fraction of sp³-hybridized carbons (Fsp3) is 0.588. The number of rotatable bonds is 5. The predicted octanol–water partition coefficient (Wildman–Crippen LogP) is 2.97. The molecule has 1 aromatic rings. The zero-order valence-corrected chi connectivity index (χ0v) is 12.7. The van der Waals surface area contributed by atoms with Crippen molar-refractivity contribution in [3.05, 3.63) is 29.8 Å². The normalized spacial score (nSPS) is 20.0. The van der Waals surface area contributed by atoms with Crippen LogP contribution in [0, 0.1) is 0 Å². The third-order valence-electron chi connectivity index (χ3n) is 4.81. The average molecular weight is 288 g/mol. The molecule has 2 fully saturated rings. The van der Waals surface area contributed by atoms with E-state index in [9.17, 15) is 4.79 Å². The van der Waals surface area contributed by atoms with E-state index in [1.54, 1.807) is 7.11 Å². The third kappa shape index (κ3) is 3.14. The highest BCUT2D eigenvalue weighted by atomic mass is 16.5. The number of carbonyl (C=O) groups is 1. The summed E-state index contributed by atoms with van der Waals surface area (Å²) in [4.78, 5) is 12.0. The molecule has 0 bridgehead atoms. The molecule has 114 valence electrons. The minimum absolute atomic E-state index is 0.0249. The Bertz CT molecular complexity index is 505. The molecule has 0 heterocycles. The zero-order chi connectivity index (χ0) is 14.7. The van der Waals surface area contributed by atoms with Gasteiger partial charge in [-0.15, -0.1) is 0 Å². The lowest BCUT2D eigenvalue weighted by molar-refractivity contribution is 0.236. The maximum absolute atomic E-state index is 12.0. The Balaban J connectivity index is 1.58. The molecule has 1 aromatic carbocycles. The summed E-state index contributed by atoms with van der Waals surface area (Å²) in [6.45, 7) is 0.686. The van der Waals surface area contributed by atoms with E-state index in [0.29, 0.717) is 12.6 Å². The molecular weight excluding hydrogens is 264 g/mol. The molecule has 0 unspecified atom stereocenters. The number of nitrogens with one attached hydrogen (secondary N) is 2. The molecule has 2 amide bonds. The number of methoxy groups -OCH3 is 1. The SMILES string of the molecule is COc1ccccc1C1(CNC(=O)NC2CCCC2)CC1. The van der Waals surface area contributed by atoms with Crippen molar-refractivity contribution in [1.29, 1.82) is 0 Å². The minimum atomic E-state index is -0.0249. The molecule has 4 heteroatoms. The van der Waals surface area contributed by atoms with Crippen LogP contribution in [0.2, 0.25) is 0 Å². The Labute approximate surface area is 126 Å². The predicted molar refractivity (Wildman–Crippen MR) is 82.7 cm³/mol. The van der Waals surface area contributed by atoms with Crippen molar-refractivity contribution >= 4 is 6.03 Å². The van der Waals surface area contributed by atoms with Gasteiger partial charge in [-0.3, -0.25) is 0 Å². The number of amides is 2. The second-order valence-corrected chi connectivity index (χ2v) is 6.29. The molecule has 0 radical (unpaired) electrons. The molecule has 2 aliphatic rings. The van der Waals surface area contributed by atoms with Crippen molar-refractivity contribution in [2.45, 2.75) is 50.0 Å². The Kier molecular flexibility index (Phi) is 4.04. The van der Waals surface area contributed by atoms with Crippen molar-refractivity contribution in [3.63, 3.8) is 0 Å². The van der Waals surface area contributed by atoms with Crippen LogP contribution in [0.4, 0.5) is 4.79 Å². The van der Waals surface area contributed by atoms with E-state index in [4.69, 9.17) is 4.74 Å². The van der Waals surface area contributed by atoms with Crippen LogP contribution in [0.3, 0.4) is 0 Å². The lowest BCUT2D eigenvalue weighted by Gasteiger charge is -2.20. The molecule has 21 heavy (non-hydrogen) atoms. The van der Waals surface area contributed by atoms with E-state index in [0.717, 1.165) is 31.4 Å². The van der Waals surface area contributed by atoms with Gasteiger partial charge in [0, 0.05) is 23.6 Å². The number of carbonyl (C=O) groups excluding carboxylic acids is 1. The van der Waals surface area contributed by atoms with E-state index in [2.05, 4.69) is 16.7 Å². The zero-order valence-electron chi connectivity index (χ0n) is 12.7. The molecular formula is C17H24N2O2. The molecule has 2 saturated carbocycles. The van der Waals surface area contributed by atoms with E-state index in [1.165, 1.54) is 18.4 Å². The minimum Gasteiger partial charge on any atom is -0.496 e. The molecule has 0 spiro atoms. The number of hydrogen-bond donors (Lipinski definition) is 2. The smallest absolute Gasteiger partial charge is 0.315 e. The van der Waals surface area contributed by atoms with Gasteiger partial charge in [0.1, 0.15) is 5.75 Å². The molecule has 4 nitrogen and oxygen atoms in total. The Morgan fingerprint density at radius 1 is 1.29 bits per heavy atom. The largest absolute Gasteiger partial charge is 0.496 e. The van der Waals surface area contributed by atoms with E-state index >= 15 is 0 Å². The second kappa shape index (κ2) is 5.96. The van der Waals surface area contributed by atoms with Crippen LogP contribution < -0.4 is 15.4 Å². The number of benzene rings is 1. The highest BCUT2D eigenvalue weighted by Gasteiger charge is 2.46. The molecule has 0 saturated heterocycles. The standard InChI is InChI=1S/C17H24N2O2/c1-21-15-9-5-4-8-14(15)17(10-11-17)12-18-16(20)19-13-6-2-3-7-13/h4-5,8-9,13H,2-3,6-7,10-12H2,1H3,(H2,18,19,20). The van der Waals surface area contributed by atoms with Crippen molar-refractivity contribution in [1.82, 2.24) is 10.6 Å². The molecule has 2 aliphatic carbocycles. The monoisotopic (exact) mass is 288 g/mol. The van der Waals surface area contributed by atoms with Gasteiger partial charge in [0.25, 0.3) is 0 Å². The van der Waals surface area contributed by atoms with E-state index in [-0.39, 0.29) is 11.4 Å². The number of urea groups is 1. The first-order chi connectivity index (χ1) is 10.2. The summed E-state index contributed by atoms with van der Waals surface area (Å²) in [5, 5.41) is 6.13. The Hall–Kier alpha value is -1.71. The van der Waals surface area contributed by atoms with Crippen molar-refractivity contribution < 1.29 is 9.53 Å². The average Bonchev–Trinajstić information content (AvgIpc) is 3.14. The first-order valence-corrected chi connectivity index (χ1v) is 7.91. The van der Waals surface area contributed by atoms with E-state index < -0.39 is 0 Å². The summed E-state index contributed by atoms with van der Waals surface area (Å²) in [7, 11) is 1.70. The maximum Gasteiger partial charge on any atom is 0.315 e. The first-order valence-electron chi connectivity index (χ1n) is 7.91. The number of ether oxygens (including phenoxy) is 1. The van der Waals surface area contributed by atoms with Gasteiger partial charge in [0.2, 0.25) is 0 Å². The summed E-state index contributed by atoms with van der Waals surface area (Å²) in [6.07, 6.45) is 6.91. The van der Waals surface area contributed by atoms with E-state index in [1.807, 2.05) is 18.2 Å². The highest BCUT2D eigenvalue weighted by molar-refractivity contribution is 5.74. The number of para-hydroxylation sites is 1. The van der Waals surface area contributed by atoms with Gasteiger partial charge >= 0.3 is 6.03 Å². The van der Waals surface area contributed by atoms with Crippen molar-refractivity contribution in [2.24, 2.45) is 0 Å². The maximum atomic E-state index is 12.0. The van der Waals surface area contributed by atoms with Crippen LogP contribution in [-0.4, -0.2) is 25.7 Å². The lowest BCUT2D eigenvalue weighted by atomic mass is 9.95. The van der Waals surface area contributed by atoms with Gasteiger partial charge in [-0.25, -0.2) is 4.79 Å². The Morgan fingerprint density at radius 3 is 2.67 bits per heavy atom. The summed E-state index contributed by atoms with van der Waals surface area (Å²) < 4.78 is 5.46. The molecule has 0 aromatic heterocycles. The lowest BCUT2D eigenvalue weighted by Crippen LogP contribution is -2.43. The van der Waals surface area contributed by atoms with Gasteiger partial charge < -0.3 is 15.4 Å². The van der Waals surface area contributed by atoms with Crippen LogP contribution in [0.5, 0.6) is 5.75 Å². The van der Waals surface area contributed by atoms with Crippen LogP contribution in [-0.2, 0) is 5.41 Å². The van der Waals surface area contributed by atoms with Gasteiger partial charge in [0.15, 0.2) is 0 Å². The quantitative estimate of drug-likeness (QED) is 0.875. The van der Waals surface area contributed by atoms with Crippen LogP contribution in [0.25, 0.3) is 0 Å². The fourth-order valence-corrected chi connectivity index (χ4v) is 3.33. The van der Waals surface area contributed by atoms with Gasteiger partial charge in [0.05, 0.1) is 7.11 Å². The van der Waals surface area contributed by atoms with Crippen LogP contribution >= 0.6 is 0 Å². The molecule has 3 rings (SSSR count). The molecule has 2 N–H and O–H groups in total. The van der Waals surface area contributed by atoms with Crippen LogP contribution in [0.1, 0.15) is 44.1 Å². The Morgan fingerprint density at radius 2 is 2.00 bits per heavy atom. The summed E-state index contributed by atoms with van der Waals surface area (Å²) >= 11 is 0. The van der Waals surface area contributed by atoms with Gasteiger partial charge in [-0.2, -0.15) is 0 Å². The summed E-state index contributed by atoms with van der Waals surface area (Å²) in [5.41, 5.74) is 1.29. The fourth-order valence-electron chi connectivity index (χ4n) is 3.33. The van der Waals surface area contributed by atoms with Gasteiger partial charge in [-0.1, -0.05) is 31.0 Å². The molecule has 0 atom stereocenters.